The molecule has 1 aliphatic rings. The van der Waals surface area contributed by atoms with E-state index in [9.17, 15) is 4.79 Å². The Bertz CT molecular complexity index is 642. The molecule has 106 valence electrons. The van der Waals surface area contributed by atoms with Crippen LogP contribution in [0.1, 0.15) is 13.3 Å². The first-order valence-electron chi connectivity index (χ1n) is 6.52. The van der Waals surface area contributed by atoms with Gasteiger partial charge < -0.3 is 9.80 Å². The molecule has 3 heterocycles. The Morgan fingerprint density at radius 2 is 2.15 bits per heavy atom. The van der Waals surface area contributed by atoms with Crippen LogP contribution in [0.3, 0.4) is 0 Å². The van der Waals surface area contributed by atoms with E-state index in [0.717, 1.165) is 31.9 Å². The topological polar surface area (TPSA) is 66.6 Å². The van der Waals surface area contributed by atoms with Crippen molar-refractivity contribution in [3.05, 3.63) is 17.5 Å². The van der Waals surface area contributed by atoms with Gasteiger partial charge in [0.1, 0.15) is 17.3 Å². The molecule has 0 aliphatic carbocycles. The van der Waals surface area contributed by atoms with Crippen molar-refractivity contribution in [1.29, 1.82) is 0 Å². The van der Waals surface area contributed by atoms with E-state index in [-0.39, 0.29) is 5.91 Å². The van der Waals surface area contributed by atoms with Gasteiger partial charge >= 0.3 is 0 Å². The summed E-state index contributed by atoms with van der Waals surface area (Å²) in [5.41, 5.74) is 0. The number of halogens is 1. The van der Waals surface area contributed by atoms with Crippen LogP contribution in [0.5, 0.6) is 0 Å². The van der Waals surface area contributed by atoms with Crippen molar-refractivity contribution in [2.75, 3.05) is 31.1 Å². The van der Waals surface area contributed by atoms with E-state index in [2.05, 4.69) is 20.0 Å². The lowest BCUT2D eigenvalue weighted by atomic mass is 10.3. The molecule has 0 bridgehead atoms. The summed E-state index contributed by atoms with van der Waals surface area (Å²) in [6.45, 7) is 4.68. The minimum atomic E-state index is 0.116. The summed E-state index contributed by atoms with van der Waals surface area (Å²) in [6, 6.07) is 1.78. The number of nitrogens with zero attached hydrogens (tertiary/aromatic N) is 6. The van der Waals surface area contributed by atoms with E-state index in [4.69, 9.17) is 11.6 Å². The lowest BCUT2D eigenvalue weighted by Crippen LogP contribution is -2.34. The average molecular weight is 295 g/mol. The van der Waals surface area contributed by atoms with Gasteiger partial charge in [-0.3, -0.25) is 4.79 Å². The maximum absolute atomic E-state index is 11.5. The third-order valence-corrected chi connectivity index (χ3v) is 3.66. The highest BCUT2D eigenvalue weighted by atomic mass is 35.5. The molecule has 0 unspecified atom stereocenters. The fraction of sp³-hybridized carbons (Fsp3) is 0.500. The molecule has 7 nitrogen and oxygen atoms in total. The monoisotopic (exact) mass is 294 g/mol. The van der Waals surface area contributed by atoms with Crippen LogP contribution < -0.4 is 4.90 Å². The molecule has 0 radical (unpaired) electrons. The van der Waals surface area contributed by atoms with Gasteiger partial charge in [0.05, 0.1) is 0 Å². The van der Waals surface area contributed by atoms with E-state index in [1.807, 2.05) is 4.90 Å². The lowest BCUT2D eigenvalue weighted by molar-refractivity contribution is -0.128. The molecule has 20 heavy (non-hydrogen) atoms. The summed E-state index contributed by atoms with van der Waals surface area (Å²) < 4.78 is 1.68. The number of rotatable bonds is 1. The van der Waals surface area contributed by atoms with E-state index in [1.54, 1.807) is 17.5 Å². The minimum absolute atomic E-state index is 0.116. The van der Waals surface area contributed by atoms with E-state index >= 15 is 0 Å². The molecule has 2 aromatic rings. The second-order valence-corrected chi connectivity index (χ2v) is 5.14. The van der Waals surface area contributed by atoms with Gasteiger partial charge in [0.25, 0.3) is 5.78 Å². The third kappa shape index (κ3) is 2.40. The quantitative estimate of drug-likeness (QED) is 0.729. The number of hydrogen-bond acceptors (Lipinski definition) is 5. The van der Waals surface area contributed by atoms with Crippen LogP contribution in [-0.2, 0) is 4.79 Å². The van der Waals surface area contributed by atoms with E-state index < -0.39 is 0 Å². The molecule has 0 aromatic carbocycles. The molecule has 1 saturated heterocycles. The molecule has 0 atom stereocenters. The van der Waals surface area contributed by atoms with Gasteiger partial charge in [0.2, 0.25) is 5.91 Å². The largest absolute Gasteiger partial charge is 0.355 e. The molecule has 0 spiro atoms. The standard InChI is InChI=1S/C12H15ClN6O/c1-9(20)17-3-2-4-18(6-5-17)11-7-10(13)16-12-14-8-15-19(11)12/h7-8H,2-6H2,1H3. The first-order chi connectivity index (χ1) is 9.65. The second kappa shape index (κ2) is 5.24. The van der Waals surface area contributed by atoms with Gasteiger partial charge in [-0.05, 0) is 6.42 Å². The Kier molecular flexibility index (Phi) is 3.43. The highest BCUT2D eigenvalue weighted by Crippen LogP contribution is 2.20. The molecule has 3 rings (SSSR count). The first-order valence-corrected chi connectivity index (χ1v) is 6.89. The zero-order valence-electron chi connectivity index (χ0n) is 11.2. The molecule has 0 N–H and O–H groups in total. The van der Waals surface area contributed by atoms with E-state index in [1.165, 1.54) is 6.33 Å². The zero-order valence-corrected chi connectivity index (χ0v) is 11.9. The lowest BCUT2D eigenvalue weighted by Gasteiger charge is -2.23. The van der Waals surface area contributed by atoms with Gasteiger partial charge in [0.15, 0.2) is 0 Å². The fourth-order valence-corrected chi connectivity index (χ4v) is 2.63. The van der Waals surface area contributed by atoms with Crippen molar-refractivity contribution in [3.8, 4) is 0 Å². The number of anilines is 1. The van der Waals surface area contributed by atoms with Gasteiger partial charge in [-0.15, -0.1) is 0 Å². The van der Waals surface area contributed by atoms with Crippen LogP contribution in [0.25, 0.3) is 5.78 Å². The molecule has 0 saturated carbocycles. The van der Waals surface area contributed by atoms with Crippen LogP contribution >= 0.6 is 11.6 Å². The molecule has 1 fully saturated rings. The Hall–Kier alpha value is -1.89. The van der Waals surface area contributed by atoms with Crippen LogP contribution in [0.15, 0.2) is 12.4 Å². The summed E-state index contributed by atoms with van der Waals surface area (Å²) >= 11 is 6.04. The van der Waals surface area contributed by atoms with Crippen LogP contribution in [0.4, 0.5) is 5.82 Å². The molecule has 2 aromatic heterocycles. The number of amides is 1. The summed E-state index contributed by atoms with van der Waals surface area (Å²) in [5.74, 6) is 1.47. The smallest absolute Gasteiger partial charge is 0.255 e. The Morgan fingerprint density at radius 3 is 2.95 bits per heavy atom. The van der Waals surface area contributed by atoms with Crippen molar-refractivity contribution in [1.82, 2.24) is 24.5 Å². The molecule has 8 heteroatoms. The van der Waals surface area contributed by atoms with Crippen molar-refractivity contribution < 1.29 is 4.79 Å². The number of carbonyl (C=O) groups excluding carboxylic acids is 1. The number of fused-ring (bicyclic) bond motifs is 1. The van der Waals surface area contributed by atoms with Crippen molar-refractivity contribution in [2.45, 2.75) is 13.3 Å². The predicted octanol–water partition coefficient (Wildman–Crippen LogP) is 0.836. The Labute approximate surface area is 121 Å². The second-order valence-electron chi connectivity index (χ2n) is 4.76. The fourth-order valence-electron chi connectivity index (χ4n) is 2.46. The van der Waals surface area contributed by atoms with Gasteiger partial charge in [-0.1, -0.05) is 11.6 Å². The summed E-state index contributed by atoms with van der Waals surface area (Å²) in [7, 11) is 0. The summed E-state index contributed by atoms with van der Waals surface area (Å²) in [4.78, 5) is 23.7. The molecular formula is C12H15ClN6O. The van der Waals surface area contributed by atoms with Gasteiger partial charge in [0, 0.05) is 39.2 Å². The predicted molar refractivity (Wildman–Crippen MR) is 74.9 cm³/mol. The Morgan fingerprint density at radius 1 is 1.30 bits per heavy atom. The van der Waals surface area contributed by atoms with Crippen LogP contribution in [-0.4, -0.2) is 56.6 Å². The Balaban J connectivity index is 1.91. The average Bonchev–Trinajstić information content (AvgIpc) is 2.73. The molecule has 1 aliphatic heterocycles. The third-order valence-electron chi connectivity index (χ3n) is 3.47. The zero-order chi connectivity index (χ0) is 14.1. The van der Waals surface area contributed by atoms with Crippen LogP contribution in [0, 0.1) is 0 Å². The number of carbonyl (C=O) groups is 1. The first kappa shape index (κ1) is 13.1. The SMILES string of the molecule is CC(=O)N1CCCN(c2cc(Cl)nc3ncnn23)CC1. The maximum Gasteiger partial charge on any atom is 0.255 e. The number of hydrogen-bond donors (Lipinski definition) is 0. The van der Waals surface area contributed by atoms with Crippen molar-refractivity contribution >= 4 is 29.1 Å². The number of aromatic nitrogens is 4. The van der Waals surface area contributed by atoms with Gasteiger partial charge in [-0.2, -0.15) is 19.6 Å². The highest BCUT2D eigenvalue weighted by Gasteiger charge is 2.19. The minimum Gasteiger partial charge on any atom is -0.355 e. The van der Waals surface area contributed by atoms with E-state index in [0.29, 0.717) is 17.5 Å². The maximum atomic E-state index is 11.5. The van der Waals surface area contributed by atoms with Crippen molar-refractivity contribution in [3.63, 3.8) is 0 Å². The normalized spacial score (nSPS) is 16.5. The van der Waals surface area contributed by atoms with Crippen molar-refractivity contribution in [2.24, 2.45) is 0 Å². The van der Waals surface area contributed by atoms with Crippen LogP contribution in [0.2, 0.25) is 5.15 Å². The molecular weight excluding hydrogens is 280 g/mol. The highest BCUT2D eigenvalue weighted by molar-refractivity contribution is 6.29. The van der Waals surface area contributed by atoms with Gasteiger partial charge in [-0.25, -0.2) is 0 Å². The summed E-state index contributed by atoms with van der Waals surface area (Å²) in [5, 5.41) is 4.58. The molecule has 1 amide bonds. The summed E-state index contributed by atoms with van der Waals surface area (Å²) in [6.07, 6.45) is 2.37.